The van der Waals surface area contributed by atoms with E-state index in [-0.39, 0.29) is 30.4 Å². The number of rotatable bonds is 9. The lowest BCUT2D eigenvalue weighted by Gasteiger charge is -2.22. The lowest BCUT2D eigenvalue weighted by atomic mass is 10.0. The van der Waals surface area contributed by atoms with Crippen molar-refractivity contribution in [3.8, 4) is 0 Å². The van der Waals surface area contributed by atoms with E-state index in [0.717, 1.165) is 5.56 Å². The molecule has 7 heteroatoms. The van der Waals surface area contributed by atoms with E-state index in [2.05, 4.69) is 10.6 Å². The molecule has 0 saturated heterocycles. The van der Waals surface area contributed by atoms with Crippen molar-refractivity contribution in [1.82, 2.24) is 5.32 Å². The fraction of sp³-hybridized carbons (Fsp3) is 0.318. The molecule has 0 fully saturated rings. The van der Waals surface area contributed by atoms with Crippen molar-refractivity contribution in [3.05, 3.63) is 65.2 Å². The largest absolute Gasteiger partial charge is 0.478 e. The molecule has 1 atom stereocenters. The summed E-state index contributed by atoms with van der Waals surface area (Å²) in [6.07, 6.45) is 0. The van der Waals surface area contributed by atoms with Crippen molar-refractivity contribution in [2.75, 3.05) is 11.9 Å². The SMILES string of the molecule is Cc1cccc(NC(=O)[C@@H](NC(=O)COCc2ccccc2)C(C)C)c1C(=O)O. The number of carboxylic acids is 1. The van der Waals surface area contributed by atoms with E-state index in [4.69, 9.17) is 4.74 Å². The molecule has 0 saturated carbocycles. The van der Waals surface area contributed by atoms with Crippen LogP contribution in [0.3, 0.4) is 0 Å². The standard InChI is InChI=1S/C22H26N2O5/c1-14(2)20(24-18(25)13-29-12-16-9-5-4-6-10-16)21(26)23-17-11-7-8-15(3)19(17)22(27)28/h4-11,14,20H,12-13H2,1-3H3,(H,23,26)(H,24,25)(H,27,28)/t20-/m0/s1. The number of benzene rings is 2. The molecule has 0 aliphatic heterocycles. The van der Waals surface area contributed by atoms with Crippen LogP contribution < -0.4 is 10.6 Å². The van der Waals surface area contributed by atoms with Crippen LogP contribution in [0, 0.1) is 12.8 Å². The molecule has 0 heterocycles. The third-order valence-corrected chi connectivity index (χ3v) is 4.35. The molecule has 154 valence electrons. The summed E-state index contributed by atoms with van der Waals surface area (Å²) in [5.41, 5.74) is 1.71. The van der Waals surface area contributed by atoms with Gasteiger partial charge < -0.3 is 20.5 Å². The molecule has 7 nitrogen and oxygen atoms in total. The van der Waals surface area contributed by atoms with Gasteiger partial charge in [0.15, 0.2) is 0 Å². The molecule has 0 spiro atoms. The van der Waals surface area contributed by atoms with Crippen LogP contribution in [0.5, 0.6) is 0 Å². The molecular weight excluding hydrogens is 372 g/mol. The van der Waals surface area contributed by atoms with Crippen molar-refractivity contribution < 1.29 is 24.2 Å². The van der Waals surface area contributed by atoms with Crippen LogP contribution in [-0.4, -0.2) is 35.5 Å². The highest BCUT2D eigenvalue weighted by molar-refractivity contribution is 6.04. The van der Waals surface area contributed by atoms with Gasteiger partial charge in [-0.3, -0.25) is 9.59 Å². The quantitative estimate of drug-likeness (QED) is 0.602. The number of carboxylic acid groups (broad SMARTS) is 1. The zero-order valence-electron chi connectivity index (χ0n) is 16.8. The van der Waals surface area contributed by atoms with E-state index < -0.39 is 23.8 Å². The van der Waals surface area contributed by atoms with Gasteiger partial charge in [0.1, 0.15) is 12.6 Å². The van der Waals surface area contributed by atoms with Gasteiger partial charge in [0.25, 0.3) is 0 Å². The molecule has 2 amide bonds. The number of hydrogen-bond donors (Lipinski definition) is 3. The average molecular weight is 398 g/mol. The van der Waals surface area contributed by atoms with Crippen LogP contribution in [0.4, 0.5) is 5.69 Å². The number of ether oxygens (including phenoxy) is 1. The molecule has 2 aromatic rings. The number of carbonyl (C=O) groups is 3. The highest BCUT2D eigenvalue weighted by Gasteiger charge is 2.26. The molecule has 29 heavy (non-hydrogen) atoms. The third-order valence-electron chi connectivity index (χ3n) is 4.35. The van der Waals surface area contributed by atoms with Crippen LogP contribution in [0.1, 0.15) is 35.3 Å². The van der Waals surface area contributed by atoms with Crippen molar-refractivity contribution >= 4 is 23.5 Å². The van der Waals surface area contributed by atoms with E-state index in [9.17, 15) is 19.5 Å². The first kappa shape index (κ1) is 22.1. The van der Waals surface area contributed by atoms with Crippen LogP contribution >= 0.6 is 0 Å². The molecule has 2 rings (SSSR count). The van der Waals surface area contributed by atoms with E-state index in [1.807, 2.05) is 30.3 Å². The fourth-order valence-corrected chi connectivity index (χ4v) is 2.85. The minimum Gasteiger partial charge on any atom is -0.478 e. The fourth-order valence-electron chi connectivity index (χ4n) is 2.85. The van der Waals surface area contributed by atoms with Gasteiger partial charge in [0.2, 0.25) is 11.8 Å². The minimum absolute atomic E-state index is 0.0286. The van der Waals surface area contributed by atoms with Crippen LogP contribution in [0.2, 0.25) is 0 Å². The number of hydrogen-bond acceptors (Lipinski definition) is 4. The van der Waals surface area contributed by atoms with Crippen molar-refractivity contribution in [3.63, 3.8) is 0 Å². The van der Waals surface area contributed by atoms with Gasteiger partial charge in [-0.25, -0.2) is 4.79 Å². The normalized spacial score (nSPS) is 11.7. The Hall–Kier alpha value is -3.19. The Labute approximate surface area is 170 Å². The highest BCUT2D eigenvalue weighted by Crippen LogP contribution is 2.20. The van der Waals surface area contributed by atoms with Gasteiger partial charge in [0, 0.05) is 0 Å². The lowest BCUT2D eigenvalue weighted by molar-refractivity contribution is -0.130. The van der Waals surface area contributed by atoms with Gasteiger partial charge in [0.05, 0.1) is 17.9 Å². The van der Waals surface area contributed by atoms with Crippen LogP contribution in [0.15, 0.2) is 48.5 Å². The Morgan fingerprint density at radius 1 is 1.03 bits per heavy atom. The maximum absolute atomic E-state index is 12.7. The van der Waals surface area contributed by atoms with Crippen molar-refractivity contribution in [1.29, 1.82) is 0 Å². The number of anilines is 1. The van der Waals surface area contributed by atoms with Gasteiger partial charge in [-0.1, -0.05) is 56.3 Å². The number of amides is 2. The monoisotopic (exact) mass is 398 g/mol. The molecule has 2 aromatic carbocycles. The Morgan fingerprint density at radius 2 is 1.72 bits per heavy atom. The Kier molecular flexibility index (Phi) is 7.91. The van der Waals surface area contributed by atoms with Gasteiger partial charge >= 0.3 is 5.97 Å². The summed E-state index contributed by atoms with van der Waals surface area (Å²) in [6.45, 7) is 5.35. The van der Waals surface area contributed by atoms with Crippen molar-refractivity contribution in [2.24, 2.45) is 5.92 Å². The summed E-state index contributed by atoms with van der Waals surface area (Å²) < 4.78 is 5.40. The second kappa shape index (κ2) is 10.4. The Bertz CT molecular complexity index is 865. The number of carbonyl (C=O) groups excluding carboxylic acids is 2. The van der Waals surface area contributed by atoms with Gasteiger partial charge in [-0.15, -0.1) is 0 Å². The van der Waals surface area contributed by atoms with Crippen LogP contribution in [-0.2, 0) is 20.9 Å². The average Bonchev–Trinajstić information content (AvgIpc) is 2.66. The molecule has 0 radical (unpaired) electrons. The van der Waals surface area contributed by atoms with E-state index in [0.29, 0.717) is 5.56 Å². The summed E-state index contributed by atoms with van der Waals surface area (Å²) in [7, 11) is 0. The molecule has 0 aromatic heterocycles. The first-order valence-corrected chi connectivity index (χ1v) is 9.34. The predicted molar refractivity (Wildman–Crippen MR) is 110 cm³/mol. The molecule has 0 aliphatic rings. The zero-order valence-corrected chi connectivity index (χ0v) is 16.8. The zero-order chi connectivity index (χ0) is 21.4. The van der Waals surface area contributed by atoms with Gasteiger partial charge in [-0.05, 0) is 30.0 Å². The van der Waals surface area contributed by atoms with Gasteiger partial charge in [-0.2, -0.15) is 0 Å². The van der Waals surface area contributed by atoms with E-state index in [1.165, 1.54) is 6.07 Å². The smallest absolute Gasteiger partial charge is 0.338 e. The van der Waals surface area contributed by atoms with E-state index >= 15 is 0 Å². The summed E-state index contributed by atoms with van der Waals surface area (Å²) >= 11 is 0. The summed E-state index contributed by atoms with van der Waals surface area (Å²) in [5, 5.41) is 14.7. The Morgan fingerprint density at radius 3 is 2.34 bits per heavy atom. The number of aryl methyl sites for hydroxylation is 1. The molecule has 3 N–H and O–H groups in total. The minimum atomic E-state index is -1.13. The third kappa shape index (κ3) is 6.43. The topological polar surface area (TPSA) is 105 Å². The van der Waals surface area contributed by atoms with Crippen molar-refractivity contribution in [2.45, 2.75) is 33.4 Å². The first-order valence-electron chi connectivity index (χ1n) is 9.34. The molecule has 0 unspecified atom stereocenters. The van der Waals surface area contributed by atoms with Crippen LogP contribution in [0.25, 0.3) is 0 Å². The molecule has 0 bridgehead atoms. The maximum atomic E-state index is 12.7. The maximum Gasteiger partial charge on any atom is 0.338 e. The lowest BCUT2D eigenvalue weighted by Crippen LogP contribution is -2.48. The van der Waals surface area contributed by atoms with E-state index in [1.54, 1.807) is 32.9 Å². The second-order valence-corrected chi connectivity index (χ2v) is 7.06. The predicted octanol–water partition coefficient (Wildman–Crippen LogP) is 2.99. The summed E-state index contributed by atoms with van der Waals surface area (Å²) in [5.74, 6) is -2.23. The first-order chi connectivity index (χ1) is 13.8. The highest BCUT2D eigenvalue weighted by atomic mass is 16.5. The second-order valence-electron chi connectivity index (χ2n) is 7.06. The number of nitrogens with one attached hydrogen (secondary N) is 2. The summed E-state index contributed by atoms with van der Waals surface area (Å²) in [6, 6.07) is 13.5. The Balaban J connectivity index is 1.98. The number of aromatic carboxylic acids is 1. The summed E-state index contributed by atoms with van der Waals surface area (Å²) in [4.78, 5) is 36.4. The molecule has 0 aliphatic carbocycles. The molecular formula is C22H26N2O5.